The first kappa shape index (κ1) is 21.4. The van der Waals surface area contributed by atoms with E-state index in [1.807, 2.05) is 6.92 Å². The van der Waals surface area contributed by atoms with Crippen molar-refractivity contribution in [1.82, 2.24) is 4.98 Å². The topological polar surface area (TPSA) is 77.5 Å². The zero-order chi connectivity index (χ0) is 21.7. The van der Waals surface area contributed by atoms with Gasteiger partial charge >= 0.3 is 6.61 Å². The summed E-state index contributed by atoms with van der Waals surface area (Å²) in [6.07, 6.45) is 0. The fourth-order valence-electron chi connectivity index (χ4n) is 2.62. The first-order valence-electron chi connectivity index (χ1n) is 8.88. The maximum atomic E-state index is 12.3. The van der Waals surface area contributed by atoms with Crippen LogP contribution in [0, 0.1) is 6.92 Å². The number of amides is 1. The van der Waals surface area contributed by atoms with Crippen LogP contribution in [0.5, 0.6) is 11.5 Å². The van der Waals surface area contributed by atoms with Crippen LogP contribution in [0.1, 0.15) is 22.2 Å². The molecule has 1 amide bonds. The molecule has 3 aromatic rings. The number of thiazole rings is 1. The molecule has 1 N–H and O–H groups in total. The molecule has 0 fully saturated rings. The number of rotatable bonds is 8. The van der Waals surface area contributed by atoms with Crippen LogP contribution in [0.3, 0.4) is 0 Å². The summed E-state index contributed by atoms with van der Waals surface area (Å²) in [4.78, 5) is 28.8. The second kappa shape index (κ2) is 9.45. The van der Waals surface area contributed by atoms with Gasteiger partial charge in [-0.15, -0.1) is 11.3 Å². The molecule has 0 atom stereocenters. The van der Waals surface area contributed by atoms with Gasteiger partial charge in [0.15, 0.2) is 17.5 Å². The van der Waals surface area contributed by atoms with Crippen molar-refractivity contribution in [3.8, 4) is 22.8 Å². The number of anilines is 1. The van der Waals surface area contributed by atoms with Gasteiger partial charge in [0.2, 0.25) is 0 Å². The number of alkyl halides is 2. The Morgan fingerprint density at radius 3 is 2.53 bits per heavy atom. The molecule has 1 heterocycles. The van der Waals surface area contributed by atoms with Crippen molar-refractivity contribution in [2.45, 2.75) is 20.5 Å². The van der Waals surface area contributed by atoms with Gasteiger partial charge in [-0.25, -0.2) is 4.98 Å². The molecule has 2 aromatic carbocycles. The number of ketones is 1. The number of hydrogen-bond donors (Lipinski definition) is 1. The van der Waals surface area contributed by atoms with Gasteiger partial charge in [0, 0.05) is 16.0 Å². The van der Waals surface area contributed by atoms with Crippen LogP contribution in [0.2, 0.25) is 0 Å². The van der Waals surface area contributed by atoms with Crippen LogP contribution < -0.4 is 14.8 Å². The quantitative estimate of drug-likeness (QED) is 0.510. The van der Waals surface area contributed by atoms with Crippen molar-refractivity contribution >= 4 is 28.2 Å². The summed E-state index contributed by atoms with van der Waals surface area (Å²) < 4.78 is 34.3. The molecule has 9 heteroatoms. The highest BCUT2D eigenvalue weighted by Gasteiger charge is 2.13. The predicted octanol–water partition coefficient (Wildman–Crippen LogP) is 4.94. The van der Waals surface area contributed by atoms with Crippen molar-refractivity contribution in [3.63, 3.8) is 0 Å². The Labute approximate surface area is 175 Å². The number of carbonyl (C=O) groups excluding carboxylic acids is 2. The molecule has 156 valence electrons. The molecule has 30 heavy (non-hydrogen) atoms. The van der Waals surface area contributed by atoms with Crippen molar-refractivity contribution in [2.24, 2.45) is 0 Å². The zero-order valence-corrected chi connectivity index (χ0v) is 17.0. The summed E-state index contributed by atoms with van der Waals surface area (Å²) in [5, 5.41) is 3.06. The SMILES string of the molecule is CC(=O)c1cccc(OCC(=O)Nc2nc(-c3ccc(OC(F)F)cc3)c(C)s2)c1. The Kier molecular flexibility index (Phi) is 6.73. The molecule has 0 unspecified atom stereocenters. The highest BCUT2D eigenvalue weighted by atomic mass is 32.1. The Hall–Kier alpha value is -3.33. The molecule has 0 radical (unpaired) electrons. The molecule has 1 aromatic heterocycles. The summed E-state index contributed by atoms with van der Waals surface area (Å²) in [5.74, 6) is -0.0187. The largest absolute Gasteiger partial charge is 0.484 e. The van der Waals surface area contributed by atoms with E-state index in [2.05, 4.69) is 15.0 Å². The highest BCUT2D eigenvalue weighted by molar-refractivity contribution is 7.16. The Morgan fingerprint density at radius 1 is 1.13 bits per heavy atom. The number of hydrogen-bond acceptors (Lipinski definition) is 6. The maximum absolute atomic E-state index is 12.3. The summed E-state index contributed by atoms with van der Waals surface area (Å²) in [6, 6.07) is 12.7. The third-order valence-corrected chi connectivity index (χ3v) is 4.89. The second-order valence-electron chi connectivity index (χ2n) is 6.25. The average molecular weight is 432 g/mol. The van der Waals surface area contributed by atoms with Crippen LogP contribution in [0.15, 0.2) is 48.5 Å². The predicted molar refractivity (Wildman–Crippen MR) is 109 cm³/mol. The number of aromatic nitrogens is 1. The highest BCUT2D eigenvalue weighted by Crippen LogP contribution is 2.31. The van der Waals surface area contributed by atoms with E-state index in [1.165, 1.54) is 30.4 Å². The fourth-order valence-corrected chi connectivity index (χ4v) is 3.47. The first-order chi connectivity index (χ1) is 14.3. The molecule has 0 saturated heterocycles. The monoisotopic (exact) mass is 432 g/mol. The van der Waals surface area contributed by atoms with Crippen LogP contribution in [-0.2, 0) is 4.79 Å². The Bertz CT molecular complexity index is 1050. The molecule has 0 aliphatic carbocycles. The lowest BCUT2D eigenvalue weighted by atomic mass is 10.1. The van der Waals surface area contributed by atoms with Gasteiger partial charge < -0.3 is 9.47 Å². The van der Waals surface area contributed by atoms with Gasteiger partial charge in [0.1, 0.15) is 11.5 Å². The average Bonchev–Trinajstić information content (AvgIpc) is 3.06. The van der Waals surface area contributed by atoms with Crippen molar-refractivity contribution in [2.75, 3.05) is 11.9 Å². The van der Waals surface area contributed by atoms with E-state index in [1.54, 1.807) is 36.4 Å². The van der Waals surface area contributed by atoms with Gasteiger partial charge in [0.25, 0.3) is 5.91 Å². The number of benzene rings is 2. The Morgan fingerprint density at radius 2 is 1.87 bits per heavy atom. The first-order valence-corrected chi connectivity index (χ1v) is 9.70. The minimum atomic E-state index is -2.88. The van der Waals surface area contributed by atoms with Crippen molar-refractivity contribution < 1.29 is 27.8 Å². The second-order valence-corrected chi connectivity index (χ2v) is 7.45. The Balaban J connectivity index is 1.62. The van der Waals surface area contributed by atoms with Crippen LogP contribution in [0.4, 0.5) is 13.9 Å². The van der Waals surface area contributed by atoms with Crippen LogP contribution in [0.25, 0.3) is 11.3 Å². The van der Waals surface area contributed by atoms with E-state index < -0.39 is 12.5 Å². The number of Topliss-reactive ketones (excluding diaryl/α,β-unsaturated/α-hetero) is 1. The molecule has 6 nitrogen and oxygen atoms in total. The number of nitrogens with one attached hydrogen (secondary N) is 1. The lowest BCUT2D eigenvalue weighted by Crippen LogP contribution is -2.20. The van der Waals surface area contributed by atoms with E-state index in [0.29, 0.717) is 27.7 Å². The van der Waals surface area contributed by atoms with Gasteiger partial charge in [-0.05, 0) is 50.2 Å². The van der Waals surface area contributed by atoms with E-state index in [0.717, 1.165) is 4.88 Å². The van der Waals surface area contributed by atoms with E-state index in [9.17, 15) is 18.4 Å². The number of aryl methyl sites for hydroxylation is 1. The summed E-state index contributed by atoms with van der Waals surface area (Å²) >= 11 is 1.29. The number of carbonyl (C=O) groups is 2. The smallest absolute Gasteiger partial charge is 0.387 e. The van der Waals surface area contributed by atoms with Gasteiger partial charge in [-0.3, -0.25) is 14.9 Å². The van der Waals surface area contributed by atoms with Crippen LogP contribution >= 0.6 is 11.3 Å². The van der Waals surface area contributed by atoms with Gasteiger partial charge in [-0.2, -0.15) is 8.78 Å². The minimum Gasteiger partial charge on any atom is -0.484 e. The van der Waals surface area contributed by atoms with E-state index in [-0.39, 0.29) is 18.1 Å². The number of ether oxygens (including phenoxy) is 2. The van der Waals surface area contributed by atoms with E-state index in [4.69, 9.17) is 4.74 Å². The van der Waals surface area contributed by atoms with Gasteiger partial charge in [-0.1, -0.05) is 12.1 Å². The molecular weight excluding hydrogens is 414 g/mol. The lowest BCUT2D eigenvalue weighted by Gasteiger charge is -2.07. The molecule has 0 bridgehead atoms. The summed E-state index contributed by atoms with van der Waals surface area (Å²) in [7, 11) is 0. The van der Waals surface area contributed by atoms with E-state index >= 15 is 0 Å². The number of nitrogens with zero attached hydrogens (tertiary/aromatic N) is 1. The third kappa shape index (κ3) is 5.60. The van der Waals surface area contributed by atoms with Crippen molar-refractivity contribution in [3.05, 3.63) is 59.0 Å². The molecule has 3 rings (SSSR count). The summed E-state index contributed by atoms with van der Waals surface area (Å²) in [5.41, 5.74) is 1.84. The minimum absolute atomic E-state index is 0.0566. The number of halogens is 2. The summed E-state index contributed by atoms with van der Waals surface area (Å²) in [6.45, 7) is 0.171. The standard InChI is InChI=1S/C21H18F2N2O4S/c1-12(26)15-4-3-5-17(10-15)28-11-18(27)24-21-25-19(13(2)30-21)14-6-8-16(9-7-14)29-20(22)23/h3-10,20H,11H2,1-2H3,(H,24,25,27). The van der Waals surface area contributed by atoms with Crippen LogP contribution in [-0.4, -0.2) is 29.9 Å². The van der Waals surface area contributed by atoms with Crippen molar-refractivity contribution in [1.29, 1.82) is 0 Å². The fraction of sp³-hybridized carbons (Fsp3) is 0.190. The molecule has 0 spiro atoms. The molecule has 0 saturated carbocycles. The third-order valence-electron chi connectivity index (χ3n) is 4.01. The van der Waals surface area contributed by atoms with Gasteiger partial charge in [0.05, 0.1) is 5.69 Å². The zero-order valence-electron chi connectivity index (χ0n) is 16.1. The molecule has 0 aliphatic rings. The maximum Gasteiger partial charge on any atom is 0.387 e. The molecular formula is C21H18F2N2O4S. The lowest BCUT2D eigenvalue weighted by molar-refractivity contribution is -0.118. The molecule has 0 aliphatic heterocycles. The normalized spacial score (nSPS) is 10.7.